The monoisotopic (exact) mass is 564 g/mol. The maximum Gasteiger partial charge on any atom is 0.251 e. The van der Waals surface area contributed by atoms with Crippen molar-refractivity contribution in [3.8, 4) is 17.0 Å². The molecule has 208 valence electrons. The lowest BCUT2D eigenvalue weighted by molar-refractivity contribution is -0.123. The Kier molecular flexibility index (Phi) is 7.27. The number of nitrogens with one attached hydrogen (secondary N) is 2. The van der Waals surface area contributed by atoms with Crippen LogP contribution in [0.15, 0.2) is 59.9 Å². The zero-order valence-electron chi connectivity index (χ0n) is 22.3. The van der Waals surface area contributed by atoms with E-state index in [-0.39, 0.29) is 47.4 Å². The lowest BCUT2D eigenvalue weighted by atomic mass is 9.73. The summed E-state index contributed by atoms with van der Waals surface area (Å²) in [7, 11) is 1.44. The van der Waals surface area contributed by atoms with Gasteiger partial charge in [0.15, 0.2) is 0 Å². The Morgan fingerprint density at radius 1 is 1.35 bits per heavy atom. The maximum atomic E-state index is 14.0. The molecule has 5 rings (SSSR count). The molecule has 4 N–H and O–H groups in total. The van der Waals surface area contributed by atoms with E-state index in [0.717, 1.165) is 19.3 Å². The van der Waals surface area contributed by atoms with Gasteiger partial charge < -0.3 is 20.5 Å². The smallest absolute Gasteiger partial charge is 0.251 e. The number of carbonyl (C=O) groups excluding carboxylic acids is 2. The number of hydrogen-bond donors (Lipinski definition) is 3. The summed E-state index contributed by atoms with van der Waals surface area (Å²) in [6, 6.07) is 6.16. The topological polar surface area (TPSA) is 127 Å². The van der Waals surface area contributed by atoms with Crippen LogP contribution in [0.2, 0.25) is 5.02 Å². The number of aromatic nitrogens is 1. The van der Waals surface area contributed by atoms with E-state index in [1.54, 1.807) is 19.1 Å². The third-order valence-electron chi connectivity index (χ3n) is 8.08. The fraction of sp³-hybridized carbons (Fsp3) is 0.333. The molecule has 0 spiro atoms. The normalized spacial score (nSPS) is 21.0. The summed E-state index contributed by atoms with van der Waals surface area (Å²) in [6.07, 6.45) is 6.06. The molecule has 0 saturated heterocycles. The summed E-state index contributed by atoms with van der Waals surface area (Å²) in [5.41, 5.74) is 7.84. The fourth-order valence-electron chi connectivity index (χ4n) is 5.26. The number of primary amides is 1. The van der Waals surface area contributed by atoms with Crippen LogP contribution < -0.4 is 15.8 Å². The largest absolute Gasteiger partial charge is 0.494 e. The minimum absolute atomic E-state index is 0.0524. The average Bonchev–Trinajstić information content (AvgIpc) is 3.25. The van der Waals surface area contributed by atoms with E-state index in [0.29, 0.717) is 39.4 Å². The van der Waals surface area contributed by atoms with Gasteiger partial charge in [-0.3, -0.25) is 15.0 Å². The van der Waals surface area contributed by atoms with Gasteiger partial charge in [0.05, 0.1) is 12.1 Å². The number of fused-ring (bicyclic) bond motifs is 1. The molecule has 3 aliphatic rings. The van der Waals surface area contributed by atoms with Crippen LogP contribution in [0.5, 0.6) is 5.75 Å². The van der Waals surface area contributed by atoms with E-state index in [4.69, 9.17) is 37.2 Å². The van der Waals surface area contributed by atoms with Crippen LogP contribution in [0, 0.1) is 17.1 Å². The van der Waals surface area contributed by atoms with Crippen LogP contribution in [0.3, 0.4) is 0 Å². The highest BCUT2D eigenvalue weighted by molar-refractivity contribution is 6.31. The number of carbonyl (C=O) groups is 2. The molecule has 1 aromatic heterocycles. The molecule has 0 radical (unpaired) electrons. The van der Waals surface area contributed by atoms with E-state index in [2.05, 4.69) is 11.9 Å². The number of amides is 2. The fourth-order valence-corrected chi connectivity index (χ4v) is 5.44. The van der Waals surface area contributed by atoms with Gasteiger partial charge in [-0.25, -0.2) is 9.37 Å². The van der Waals surface area contributed by atoms with Gasteiger partial charge in [-0.15, -0.1) is 0 Å². The summed E-state index contributed by atoms with van der Waals surface area (Å²) < 4.78 is 25.2. The molecule has 2 aliphatic carbocycles. The van der Waals surface area contributed by atoms with Crippen molar-refractivity contribution in [1.29, 1.82) is 5.41 Å². The molecule has 1 aromatic carbocycles. The Morgan fingerprint density at radius 2 is 2.10 bits per heavy atom. The number of ether oxygens (including phenoxy) is 2. The van der Waals surface area contributed by atoms with Crippen molar-refractivity contribution in [2.75, 3.05) is 20.3 Å². The van der Waals surface area contributed by atoms with Gasteiger partial charge in [-0.1, -0.05) is 24.6 Å². The highest BCUT2D eigenvalue weighted by Crippen LogP contribution is 2.47. The Bertz CT molecular complexity index is 1510. The highest BCUT2D eigenvalue weighted by Gasteiger charge is 2.44. The van der Waals surface area contributed by atoms with Crippen LogP contribution >= 0.6 is 11.6 Å². The Hall–Kier alpha value is -3.98. The zero-order valence-corrected chi connectivity index (χ0v) is 23.0. The van der Waals surface area contributed by atoms with Crippen LogP contribution in [0.25, 0.3) is 11.3 Å². The first kappa shape index (κ1) is 27.6. The van der Waals surface area contributed by atoms with Crippen molar-refractivity contribution in [2.45, 2.75) is 37.5 Å². The Morgan fingerprint density at radius 3 is 2.73 bits per heavy atom. The Labute approximate surface area is 236 Å². The molecule has 1 aliphatic heterocycles. The molecule has 2 amide bonds. The van der Waals surface area contributed by atoms with Crippen LogP contribution in [0.1, 0.15) is 43.4 Å². The van der Waals surface area contributed by atoms with Crippen molar-refractivity contribution in [3.05, 3.63) is 82.0 Å². The molecule has 2 heterocycles. The van der Waals surface area contributed by atoms with Gasteiger partial charge in [0.1, 0.15) is 40.8 Å². The molecular weight excluding hydrogens is 535 g/mol. The van der Waals surface area contributed by atoms with Gasteiger partial charge in [-0.05, 0) is 67.7 Å². The second-order valence-electron chi connectivity index (χ2n) is 10.6. The quantitative estimate of drug-likeness (QED) is 0.427. The summed E-state index contributed by atoms with van der Waals surface area (Å²) in [6.45, 7) is 5.90. The summed E-state index contributed by atoms with van der Waals surface area (Å²) in [4.78, 5) is 30.7. The van der Waals surface area contributed by atoms with Crippen molar-refractivity contribution in [1.82, 2.24) is 10.3 Å². The van der Waals surface area contributed by atoms with Gasteiger partial charge in [0.2, 0.25) is 5.91 Å². The van der Waals surface area contributed by atoms with Crippen molar-refractivity contribution >= 4 is 29.1 Å². The van der Waals surface area contributed by atoms with Crippen molar-refractivity contribution < 1.29 is 23.5 Å². The molecule has 10 heteroatoms. The van der Waals surface area contributed by atoms with E-state index < -0.39 is 17.1 Å². The molecule has 8 nitrogen and oxygen atoms in total. The lowest BCUT2D eigenvalue weighted by Crippen LogP contribution is -2.40. The molecule has 1 fully saturated rings. The standard InChI is InChI=1S/C30H30ClFN4O4/c1-15-9-18(11-24(39-3)25(15)33)28(37)35-13-19(16-5-4-6-16)23-12-20-27(40-14-30(20,2)29(34)38)26(36-23)17-7-8-22(32)21(31)10-17/h7-12,16,19,33H,1,4-6,13-14H2,2-3H3,(H2,34,38)(H,35,37)/t19-,30-/m0/s1. The number of pyridine rings is 1. The second kappa shape index (κ2) is 10.5. The SMILES string of the molecule is C=C1C=C(C(=O)NC[C@H](c2cc3c(c(-c4ccc(F)c(Cl)c4)n2)OC[C@]3(C)C(N)=O)C2CCC2)C=C(OC)C1=N. The van der Waals surface area contributed by atoms with Gasteiger partial charge in [0, 0.05) is 34.9 Å². The molecule has 1 saturated carbocycles. The van der Waals surface area contributed by atoms with Crippen LogP contribution in [-0.4, -0.2) is 42.8 Å². The number of halogens is 2. The Balaban J connectivity index is 1.53. The third kappa shape index (κ3) is 4.79. The first-order chi connectivity index (χ1) is 19.0. The molecule has 0 bridgehead atoms. The number of hydrogen-bond acceptors (Lipinski definition) is 6. The van der Waals surface area contributed by atoms with E-state index in [9.17, 15) is 14.0 Å². The van der Waals surface area contributed by atoms with E-state index in [1.807, 2.05) is 6.07 Å². The number of methoxy groups -OCH3 is 1. The predicted molar refractivity (Wildman–Crippen MR) is 150 cm³/mol. The highest BCUT2D eigenvalue weighted by atomic mass is 35.5. The molecular formula is C30H30ClFN4O4. The molecule has 0 unspecified atom stereocenters. The lowest BCUT2D eigenvalue weighted by Gasteiger charge is -2.34. The zero-order chi connectivity index (χ0) is 28.8. The number of rotatable bonds is 8. The third-order valence-corrected chi connectivity index (χ3v) is 8.37. The first-order valence-corrected chi connectivity index (χ1v) is 13.4. The minimum atomic E-state index is -1.09. The van der Waals surface area contributed by atoms with E-state index >= 15 is 0 Å². The van der Waals surface area contributed by atoms with E-state index in [1.165, 1.54) is 25.3 Å². The molecule has 40 heavy (non-hydrogen) atoms. The second-order valence-corrected chi connectivity index (χ2v) is 11.0. The average molecular weight is 565 g/mol. The molecule has 2 atom stereocenters. The number of allylic oxidation sites excluding steroid dienone is 2. The summed E-state index contributed by atoms with van der Waals surface area (Å²) >= 11 is 6.10. The number of nitrogens with two attached hydrogens (primary N) is 1. The number of nitrogens with zero attached hydrogens (tertiary/aromatic N) is 1. The van der Waals surface area contributed by atoms with Gasteiger partial charge >= 0.3 is 0 Å². The first-order valence-electron chi connectivity index (χ1n) is 13.0. The van der Waals surface area contributed by atoms with Crippen molar-refractivity contribution in [2.24, 2.45) is 11.7 Å². The van der Waals surface area contributed by atoms with Gasteiger partial charge in [-0.2, -0.15) is 0 Å². The minimum Gasteiger partial charge on any atom is -0.494 e. The number of benzene rings is 1. The molecule has 2 aromatic rings. The van der Waals surface area contributed by atoms with Gasteiger partial charge in [0.25, 0.3) is 5.91 Å². The summed E-state index contributed by atoms with van der Waals surface area (Å²) in [5, 5.41) is 11.0. The van der Waals surface area contributed by atoms with Crippen molar-refractivity contribution in [3.63, 3.8) is 0 Å². The van der Waals surface area contributed by atoms with Crippen LogP contribution in [0.4, 0.5) is 4.39 Å². The maximum absolute atomic E-state index is 14.0. The van der Waals surface area contributed by atoms with Crippen LogP contribution in [-0.2, 0) is 19.7 Å². The summed E-state index contributed by atoms with van der Waals surface area (Å²) in [5.74, 6) is -0.661. The predicted octanol–water partition coefficient (Wildman–Crippen LogP) is 4.72.